The maximum Gasteiger partial charge on any atom is 0.320 e. The van der Waals surface area contributed by atoms with E-state index in [0.717, 1.165) is 16.8 Å². The highest BCUT2D eigenvalue weighted by molar-refractivity contribution is 5.84. The minimum absolute atomic E-state index is 0.0412. The first kappa shape index (κ1) is 22.8. The van der Waals surface area contributed by atoms with Crippen molar-refractivity contribution >= 4 is 17.3 Å². The predicted molar refractivity (Wildman–Crippen MR) is 122 cm³/mol. The van der Waals surface area contributed by atoms with Crippen molar-refractivity contribution < 1.29 is 23.4 Å². The van der Waals surface area contributed by atoms with Crippen molar-refractivity contribution in [2.45, 2.75) is 57.8 Å². The topological polar surface area (TPSA) is 87.0 Å². The van der Waals surface area contributed by atoms with Gasteiger partial charge in [-0.15, -0.1) is 5.10 Å². The summed E-state index contributed by atoms with van der Waals surface area (Å²) in [7, 11) is 3.21. The minimum atomic E-state index is -1.13. The number of ether oxygens (including phenoxy) is 3. The first-order valence-corrected chi connectivity index (χ1v) is 10.9. The number of halogens is 1. The molecule has 1 aliphatic carbocycles. The van der Waals surface area contributed by atoms with Crippen molar-refractivity contribution in [3.05, 3.63) is 47.4 Å². The Hall–Kier alpha value is -3.36. The van der Waals surface area contributed by atoms with Crippen molar-refractivity contribution in [1.29, 1.82) is 0 Å². The summed E-state index contributed by atoms with van der Waals surface area (Å²) in [6.07, 6.45) is -1.29. The van der Waals surface area contributed by atoms with Gasteiger partial charge in [-0.05, 0) is 45.0 Å². The zero-order chi connectivity index (χ0) is 23.8. The fraction of sp³-hybridized carbons (Fsp3) is 0.458. The molecule has 0 bridgehead atoms. The van der Waals surface area contributed by atoms with Gasteiger partial charge < -0.3 is 19.5 Å². The van der Waals surface area contributed by atoms with E-state index in [1.54, 1.807) is 32.6 Å². The lowest BCUT2D eigenvalue weighted by molar-refractivity contribution is -0.162. The van der Waals surface area contributed by atoms with Gasteiger partial charge in [-0.3, -0.25) is 4.79 Å². The molecule has 0 amide bonds. The molecule has 2 heterocycles. The van der Waals surface area contributed by atoms with Gasteiger partial charge in [0.2, 0.25) is 0 Å². The first-order valence-electron chi connectivity index (χ1n) is 10.9. The SMILES string of the molecule is COc1ccc(CNc2ccc3c(C)nc(C4(C(=O)OC(C)C)CC(F)C4)n3n2)c(OC)c1. The Morgan fingerprint density at radius 1 is 1.24 bits per heavy atom. The maximum absolute atomic E-state index is 14.0. The number of nitrogens with zero attached hydrogens (tertiary/aromatic N) is 3. The summed E-state index contributed by atoms with van der Waals surface area (Å²) < 4.78 is 31.8. The third-order valence-corrected chi connectivity index (χ3v) is 5.94. The Balaban J connectivity index is 1.66. The number of fused-ring (bicyclic) bond motifs is 1. The number of anilines is 1. The van der Waals surface area contributed by atoms with Crippen LogP contribution in [-0.4, -0.2) is 47.1 Å². The lowest BCUT2D eigenvalue weighted by atomic mass is 9.66. The fourth-order valence-electron chi connectivity index (χ4n) is 4.17. The smallest absolute Gasteiger partial charge is 0.320 e. The molecule has 2 aromatic heterocycles. The zero-order valence-electron chi connectivity index (χ0n) is 19.5. The fourth-order valence-corrected chi connectivity index (χ4v) is 4.17. The van der Waals surface area contributed by atoms with Crippen molar-refractivity contribution in [1.82, 2.24) is 14.6 Å². The second-order valence-electron chi connectivity index (χ2n) is 8.61. The second kappa shape index (κ2) is 8.88. The number of carbonyl (C=O) groups excluding carboxylic acids is 1. The van der Waals surface area contributed by atoms with E-state index in [0.29, 0.717) is 29.7 Å². The van der Waals surface area contributed by atoms with Crippen molar-refractivity contribution in [3.63, 3.8) is 0 Å². The molecule has 0 saturated heterocycles. The molecule has 3 aromatic rings. The number of alkyl halides is 1. The number of rotatable bonds is 8. The molecule has 0 atom stereocenters. The van der Waals surface area contributed by atoms with E-state index in [1.165, 1.54) is 0 Å². The molecule has 1 aromatic carbocycles. The normalized spacial score (nSPS) is 19.9. The number of aryl methyl sites for hydroxylation is 1. The van der Waals surface area contributed by atoms with Crippen molar-refractivity contribution in [2.24, 2.45) is 0 Å². The first-order chi connectivity index (χ1) is 15.8. The minimum Gasteiger partial charge on any atom is -0.497 e. The highest BCUT2D eigenvalue weighted by atomic mass is 19.1. The van der Waals surface area contributed by atoms with Crippen LogP contribution in [0.3, 0.4) is 0 Å². The van der Waals surface area contributed by atoms with Crippen LogP contribution in [0.2, 0.25) is 0 Å². The van der Waals surface area contributed by atoms with E-state index < -0.39 is 17.6 Å². The summed E-state index contributed by atoms with van der Waals surface area (Å²) in [6, 6.07) is 9.34. The zero-order valence-corrected chi connectivity index (χ0v) is 19.5. The van der Waals surface area contributed by atoms with Crippen LogP contribution in [-0.2, 0) is 21.5 Å². The Morgan fingerprint density at radius 2 is 2.00 bits per heavy atom. The van der Waals surface area contributed by atoms with Crippen LogP contribution in [0.25, 0.3) is 5.52 Å². The van der Waals surface area contributed by atoms with Gasteiger partial charge in [-0.1, -0.05) is 0 Å². The third-order valence-electron chi connectivity index (χ3n) is 5.94. The number of methoxy groups -OCH3 is 2. The summed E-state index contributed by atoms with van der Waals surface area (Å²) in [5, 5.41) is 7.97. The molecule has 4 rings (SSSR count). The van der Waals surface area contributed by atoms with Gasteiger partial charge in [-0.25, -0.2) is 13.9 Å². The van der Waals surface area contributed by atoms with Gasteiger partial charge in [0.1, 0.15) is 34.7 Å². The van der Waals surface area contributed by atoms with Crippen LogP contribution in [0.15, 0.2) is 30.3 Å². The Morgan fingerprint density at radius 3 is 2.64 bits per heavy atom. The van der Waals surface area contributed by atoms with E-state index >= 15 is 0 Å². The number of hydrogen-bond donors (Lipinski definition) is 1. The van der Waals surface area contributed by atoms with Crippen LogP contribution in [0.1, 0.15) is 43.8 Å². The van der Waals surface area contributed by atoms with E-state index in [2.05, 4.69) is 15.4 Å². The van der Waals surface area contributed by atoms with E-state index in [9.17, 15) is 9.18 Å². The molecule has 176 valence electrons. The number of aromatic nitrogens is 3. The van der Waals surface area contributed by atoms with Gasteiger partial charge in [0.25, 0.3) is 0 Å². The van der Waals surface area contributed by atoms with Crippen LogP contribution in [0.5, 0.6) is 11.5 Å². The summed E-state index contributed by atoms with van der Waals surface area (Å²) in [4.78, 5) is 17.6. The van der Waals surface area contributed by atoms with Crippen LogP contribution in [0, 0.1) is 6.92 Å². The molecular formula is C24H29FN4O4. The molecule has 0 spiro atoms. The predicted octanol–water partition coefficient (Wildman–Crippen LogP) is 3.99. The monoisotopic (exact) mass is 456 g/mol. The van der Waals surface area contributed by atoms with Gasteiger partial charge in [0.15, 0.2) is 0 Å². The van der Waals surface area contributed by atoms with Crippen molar-refractivity contribution in [3.8, 4) is 11.5 Å². The quantitative estimate of drug-likeness (QED) is 0.513. The molecular weight excluding hydrogens is 427 g/mol. The van der Waals surface area contributed by atoms with Gasteiger partial charge in [0, 0.05) is 31.0 Å². The van der Waals surface area contributed by atoms with Crippen LogP contribution >= 0.6 is 0 Å². The highest BCUT2D eigenvalue weighted by Crippen LogP contribution is 2.46. The van der Waals surface area contributed by atoms with Gasteiger partial charge >= 0.3 is 5.97 Å². The van der Waals surface area contributed by atoms with Crippen molar-refractivity contribution in [2.75, 3.05) is 19.5 Å². The molecule has 0 radical (unpaired) electrons. The lowest BCUT2D eigenvalue weighted by Crippen LogP contribution is -2.51. The van der Waals surface area contributed by atoms with Gasteiger partial charge in [-0.2, -0.15) is 0 Å². The molecule has 0 aliphatic heterocycles. The van der Waals surface area contributed by atoms with E-state index in [-0.39, 0.29) is 18.9 Å². The summed E-state index contributed by atoms with van der Waals surface area (Å²) in [5.41, 5.74) is 1.28. The standard InChI is InChI=1S/C24H29FN4O4/c1-14(2)33-23(30)24(11-17(25)12-24)22-27-15(3)19-8-9-21(28-29(19)22)26-13-16-6-7-18(31-4)10-20(16)32-5/h6-10,14,17H,11-13H2,1-5H3,(H,26,28). The Labute approximate surface area is 192 Å². The molecule has 1 aliphatic rings. The molecule has 0 unspecified atom stereocenters. The molecule has 1 saturated carbocycles. The number of carbonyl (C=O) groups is 1. The Kier molecular flexibility index (Phi) is 6.14. The number of nitrogens with one attached hydrogen (secondary N) is 1. The lowest BCUT2D eigenvalue weighted by Gasteiger charge is -2.40. The number of esters is 1. The molecule has 1 N–H and O–H groups in total. The average Bonchev–Trinajstić information content (AvgIpc) is 3.10. The second-order valence-corrected chi connectivity index (χ2v) is 8.61. The third kappa shape index (κ3) is 4.19. The van der Waals surface area contributed by atoms with Gasteiger partial charge in [0.05, 0.1) is 31.5 Å². The summed E-state index contributed by atoms with van der Waals surface area (Å²) in [5.74, 6) is 1.95. The number of hydrogen-bond acceptors (Lipinski definition) is 7. The molecule has 33 heavy (non-hydrogen) atoms. The number of benzene rings is 1. The highest BCUT2D eigenvalue weighted by Gasteiger charge is 2.56. The van der Waals surface area contributed by atoms with E-state index in [1.807, 2.05) is 37.3 Å². The number of imidazole rings is 1. The average molecular weight is 457 g/mol. The Bertz CT molecular complexity index is 1170. The molecule has 8 nitrogen and oxygen atoms in total. The van der Waals surface area contributed by atoms with E-state index in [4.69, 9.17) is 14.2 Å². The summed E-state index contributed by atoms with van der Waals surface area (Å²) in [6.45, 7) is 5.87. The summed E-state index contributed by atoms with van der Waals surface area (Å²) >= 11 is 0. The molecule has 9 heteroatoms. The molecule has 1 fully saturated rings. The maximum atomic E-state index is 14.0. The van der Waals surface area contributed by atoms with Crippen LogP contribution in [0.4, 0.5) is 10.2 Å². The largest absolute Gasteiger partial charge is 0.497 e. The van der Waals surface area contributed by atoms with Crippen LogP contribution < -0.4 is 14.8 Å².